The molecule has 3 aromatic rings. The molecule has 5 nitrogen and oxygen atoms in total. The number of nitrogens with zero attached hydrogens (tertiary/aromatic N) is 2. The SMILES string of the molecule is CC(C)(Sc1nc(CCOc2ccc(-c3ccc(F)cc3)nc2)cs1)C(=O)O. The van der Waals surface area contributed by atoms with Gasteiger partial charge >= 0.3 is 5.97 Å². The van der Waals surface area contributed by atoms with Crippen LogP contribution in [0.2, 0.25) is 0 Å². The smallest absolute Gasteiger partial charge is 0.319 e. The molecule has 0 aliphatic rings. The van der Waals surface area contributed by atoms with Gasteiger partial charge in [-0.15, -0.1) is 11.3 Å². The molecule has 2 heterocycles. The third kappa shape index (κ3) is 5.30. The highest BCUT2D eigenvalue weighted by atomic mass is 32.2. The Morgan fingerprint density at radius 1 is 1.25 bits per heavy atom. The number of aromatic nitrogens is 2. The average Bonchev–Trinajstić information content (AvgIpc) is 3.09. The molecule has 0 saturated carbocycles. The van der Waals surface area contributed by atoms with Crippen LogP contribution in [0.3, 0.4) is 0 Å². The average molecular weight is 419 g/mol. The van der Waals surface area contributed by atoms with Crippen molar-refractivity contribution < 1.29 is 19.0 Å². The van der Waals surface area contributed by atoms with E-state index in [0.29, 0.717) is 18.8 Å². The third-order valence-electron chi connectivity index (χ3n) is 3.89. The van der Waals surface area contributed by atoms with Crippen LogP contribution in [0.1, 0.15) is 19.5 Å². The third-order valence-corrected chi connectivity index (χ3v) is 6.06. The monoisotopic (exact) mass is 418 g/mol. The Morgan fingerprint density at radius 3 is 2.64 bits per heavy atom. The lowest BCUT2D eigenvalue weighted by Crippen LogP contribution is -2.26. The molecule has 146 valence electrons. The number of aliphatic carboxylic acids is 1. The molecule has 0 aliphatic carbocycles. The van der Waals surface area contributed by atoms with E-state index < -0.39 is 10.7 Å². The fraction of sp³-hybridized carbons (Fsp3) is 0.250. The molecule has 3 rings (SSSR count). The van der Waals surface area contributed by atoms with Crippen molar-refractivity contribution in [2.45, 2.75) is 29.4 Å². The van der Waals surface area contributed by atoms with Crippen molar-refractivity contribution >= 4 is 29.1 Å². The Kier molecular flexibility index (Phi) is 6.31. The van der Waals surface area contributed by atoms with E-state index in [2.05, 4.69) is 9.97 Å². The first-order valence-electron chi connectivity index (χ1n) is 8.55. The maximum Gasteiger partial charge on any atom is 0.319 e. The molecule has 0 aliphatic heterocycles. The fourth-order valence-electron chi connectivity index (χ4n) is 2.24. The van der Waals surface area contributed by atoms with Crippen LogP contribution in [0.25, 0.3) is 11.3 Å². The maximum atomic E-state index is 13.0. The Balaban J connectivity index is 1.51. The van der Waals surface area contributed by atoms with E-state index in [4.69, 9.17) is 4.74 Å². The van der Waals surface area contributed by atoms with Gasteiger partial charge in [-0.25, -0.2) is 9.37 Å². The first-order chi connectivity index (χ1) is 13.3. The van der Waals surface area contributed by atoms with Gasteiger partial charge in [-0.1, -0.05) is 11.8 Å². The van der Waals surface area contributed by atoms with Gasteiger partial charge in [-0.3, -0.25) is 9.78 Å². The molecule has 0 fully saturated rings. The number of carboxylic acid groups (broad SMARTS) is 1. The molecule has 0 unspecified atom stereocenters. The van der Waals surface area contributed by atoms with E-state index in [1.165, 1.54) is 35.2 Å². The van der Waals surface area contributed by atoms with Crippen LogP contribution in [0.5, 0.6) is 5.75 Å². The molecule has 2 aromatic heterocycles. The van der Waals surface area contributed by atoms with E-state index in [1.54, 1.807) is 32.2 Å². The number of benzene rings is 1. The second-order valence-electron chi connectivity index (χ2n) is 6.51. The number of carbonyl (C=O) groups is 1. The van der Waals surface area contributed by atoms with Crippen LogP contribution in [0.15, 0.2) is 52.3 Å². The van der Waals surface area contributed by atoms with Gasteiger partial charge in [0.25, 0.3) is 0 Å². The Bertz CT molecular complexity index is 941. The van der Waals surface area contributed by atoms with E-state index >= 15 is 0 Å². The highest BCUT2D eigenvalue weighted by molar-refractivity contribution is 8.02. The summed E-state index contributed by atoms with van der Waals surface area (Å²) in [5, 5.41) is 11.1. The van der Waals surface area contributed by atoms with Gasteiger partial charge in [0.15, 0.2) is 4.34 Å². The number of ether oxygens (including phenoxy) is 1. The molecule has 8 heteroatoms. The lowest BCUT2D eigenvalue weighted by atomic mass is 10.1. The zero-order valence-electron chi connectivity index (χ0n) is 15.4. The van der Waals surface area contributed by atoms with Crippen molar-refractivity contribution in [3.8, 4) is 17.0 Å². The number of halogens is 1. The van der Waals surface area contributed by atoms with Gasteiger partial charge in [-0.2, -0.15) is 0 Å². The lowest BCUT2D eigenvalue weighted by Gasteiger charge is -2.15. The summed E-state index contributed by atoms with van der Waals surface area (Å²) in [5.74, 6) is -0.504. The van der Waals surface area contributed by atoms with Gasteiger partial charge in [0, 0.05) is 17.4 Å². The molecule has 0 bridgehead atoms. The Labute approximate surface area is 170 Å². The second kappa shape index (κ2) is 8.70. The lowest BCUT2D eigenvalue weighted by molar-refractivity contribution is -0.138. The van der Waals surface area contributed by atoms with Crippen LogP contribution in [0, 0.1) is 5.82 Å². The van der Waals surface area contributed by atoms with Crippen LogP contribution in [0.4, 0.5) is 4.39 Å². The molecule has 0 amide bonds. The molecule has 1 N–H and O–H groups in total. The van der Waals surface area contributed by atoms with E-state index in [9.17, 15) is 14.3 Å². The number of hydrogen-bond donors (Lipinski definition) is 1. The topological polar surface area (TPSA) is 72.3 Å². The molecule has 0 saturated heterocycles. The van der Waals surface area contributed by atoms with Crippen LogP contribution in [-0.2, 0) is 11.2 Å². The summed E-state index contributed by atoms with van der Waals surface area (Å²) < 4.78 is 18.5. The minimum Gasteiger partial charge on any atom is -0.492 e. The number of rotatable bonds is 8. The highest BCUT2D eigenvalue weighted by Gasteiger charge is 2.29. The van der Waals surface area contributed by atoms with E-state index in [0.717, 1.165) is 21.3 Å². The Morgan fingerprint density at radius 2 is 2.00 bits per heavy atom. The molecule has 0 spiro atoms. The van der Waals surface area contributed by atoms with Crippen molar-refractivity contribution in [2.24, 2.45) is 0 Å². The number of thioether (sulfide) groups is 1. The zero-order valence-corrected chi connectivity index (χ0v) is 17.0. The molecule has 1 aromatic carbocycles. The number of carboxylic acids is 1. The summed E-state index contributed by atoms with van der Waals surface area (Å²) in [7, 11) is 0. The summed E-state index contributed by atoms with van der Waals surface area (Å²) in [6, 6.07) is 9.82. The largest absolute Gasteiger partial charge is 0.492 e. The summed E-state index contributed by atoms with van der Waals surface area (Å²) in [6.45, 7) is 3.76. The predicted molar refractivity (Wildman–Crippen MR) is 109 cm³/mol. The van der Waals surface area contributed by atoms with Crippen molar-refractivity contribution in [2.75, 3.05) is 6.61 Å². The summed E-state index contributed by atoms with van der Waals surface area (Å²) in [5.41, 5.74) is 2.45. The number of thiazole rings is 1. The minimum absolute atomic E-state index is 0.279. The van der Waals surface area contributed by atoms with Gasteiger partial charge in [0.1, 0.15) is 16.3 Å². The zero-order chi connectivity index (χ0) is 20.1. The van der Waals surface area contributed by atoms with Crippen molar-refractivity contribution in [1.82, 2.24) is 9.97 Å². The van der Waals surface area contributed by atoms with E-state index in [-0.39, 0.29) is 5.82 Å². The molecule has 28 heavy (non-hydrogen) atoms. The second-order valence-corrected chi connectivity index (χ2v) is 9.23. The maximum absolute atomic E-state index is 13.0. The summed E-state index contributed by atoms with van der Waals surface area (Å²) in [6.07, 6.45) is 2.25. The van der Waals surface area contributed by atoms with Crippen LogP contribution >= 0.6 is 23.1 Å². The van der Waals surface area contributed by atoms with Crippen molar-refractivity contribution in [3.63, 3.8) is 0 Å². The standard InChI is InChI=1S/C20H19FN2O3S2/c1-20(2,18(24)25)28-19-23-15(12-27-19)9-10-26-16-7-8-17(22-11-16)13-3-5-14(21)6-4-13/h3-8,11-12H,9-10H2,1-2H3,(H,24,25). The minimum atomic E-state index is -0.913. The molecule has 0 radical (unpaired) electrons. The van der Waals surface area contributed by atoms with Crippen LogP contribution < -0.4 is 4.74 Å². The van der Waals surface area contributed by atoms with E-state index in [1.807, 2.05) is 17.5 Å². The van der Waals surface area contributed by atoms with Crippen molar-refractivity contribution in [3.05, 3.63) is 59.5 Å². The Hall–Kier alpha value is -2.45. The number of hydrogen-bond acceptors (Lipinski definition) is 6. The summed E-state index contributed by atoms with van der Waals surface area (Å²) in [4.78, 5) is 20.0. The molecular formula is C20H19FN2O3S2. The first kappa shape index (κ1) is 20.3. The highest BCUT2D eigenvalue weighted by Crippen LogP contribution is 2.34. The van der Waals surface area contributed by atoms with Gasteiger partial charge in [-0.05, 0) is 50.2 Å². The van der Waals surface area contributed by atoms with Crippen molar-refractivity contribution in [1.29, 1.82) is 0 Å². The van der Waals surface area contributed by atoms with Gasteiger partial charge in [0.2, 0.25) is 0 Å². The predicted octanol–water partition coefficient (Wildman–Crippen LogP) is 4.92. The first-order valence-corrected chi connectivity index (χ1v) is 10.2. The molecule has 0 atom stereocenters. The normalized spacial score (nSPS) is 11.4. The number of pyridine rings is 1. The quantitative estimate of drug-likeness (QED) is 0.524. The fourth-order valence-corrected chi connectivity index (χ4v) is 4.47. The van der Waals surface area contributed by atoms with Gasteiger partial charge in [0.05, 0.1) is 24.2 Å². The van der Waals surface area contributed by atoms with Crippen LogP contribution in [-0.4, -0.2) is 32.4 Å². The summed E-state index contributed by atoms with van der Waals surface area (Å²) >= 11 is 2.67. The van der Waals surface area contributed by atoms with Gasteiger partial charge < -0.3 is 9.84 Å². The molecular weight excluding hydrogens is 399 g/mol.